The standard InChI is InChI=1S/C41H24N2O2S/c1-3-16-34-30(10-1)39-32(14-7-18-36(39)44-34)43(33-15-5-12-29-28-9-2-4-19-37(28)46-40(29)33)26-22-20-25(21-23-26)27-11-6-17-35-38(27)31-13-8-24-42-41(31)45-35/h1-24H. The van der Waals surface area contributed by atoms with Gasteiger partial charge in [0.15, 0.2) is 0 Å². The SMILES string of the molecule is c1ccc2c(c1)oc1cccc(N(c3ccc(-c4cccc5oc6ncccc6c45)cc3)c3cccc4c3sc3ccccc34)c12. The number of benzene rings is 6. The van der Waals surface area contributed by atoms with Crippen LogP contribution in [0.5, 0.6) is 0 Å². The summed E-state index contributed by atoms with van der Waals surface area (Å²) in [5.74, 6) is 0. The lowest BCUT2D eigenvalue weighted by Gasteiger charge is -2.27. The first-order valence-electron chi connectivity index (χ1n) is 15.3. The number of furan rings is 2. The van der Waals surface area contributed by atoms with Gasteiger partial charge in [0.2, 0.25) is 5.71 Å². The van der Waals surface area contributed by atoms with Gasteiger partial charge in [-0.3, -0.25) is 0 Å². The number of pyridine rings is 1. The molecule has 0 unspecified atom stereocenters. The van der Waals surface area contributed by atoms with E-state index < -0.39 is 0 Å². The van der Waals surface area contributed by atoms with Crippen molar-refractivity contribution in [1.82, 2.24) is 4.98 Å². The summed E-state index contributed by atoms with van der Waals surface area (Å²) in [5, 5.41) is 6.85. The van der Waals surface area contributed by atoms with Gasteiger partial charge in [-0.05, 0) is 71.8 Å². The third-order valence-corrected chi connectivity index (χ3v) is 10.2. The zero-order valence-corrected chi connectivity index (χ0v) is 25.3. The molecule has 46 heavy (non-hydrogen) atoms. The van der Waals surface area contributed by atoms with Crippen LogP contribution >= 0.6 is 11.3 Å². The third kappa shape index (κ3) is 3.69. The Hall–Kier alpha value is -5.91. The molecule has 4 nitrogen and oxygen atoms in total. The van der Waals surface area contributed by atoms with E-state index in [1.54, 1.807) is 6.20 Å². The monoisotopic (exact) mass is 608 g/mol. The fraction of sp³-hybridized carbons (Fsp3) is 0. The second-order valence-corrected chi connectivity index (χ2v) is 12.6. The van der Waals surface area contributed by atoms with E-state index in [2.05, 4.69) is 119 Å². The Balaban J connectivity index is 1.22. The first-order chi connectivity index (χ1) is 22.8. The Morgan fingerprint density at radius 3 is 2.11 bits per heavy atom. The quantitative estimate of drug-likeness (QED) is 0.199. The second-order valence-electron chi connectivity index (χ2n) is 11.5. The van der Waals surface area contributed by atoms with Crippen LogP contribution in [0.1, 0.15) is 0 Å². The van der Waals surface area contributed by atoms with Crippen LogP contribution in [-0.2, 0) is 0 Å². The predicted octanol–water partition coefficient (Wildman–Crippen LogP) is 12.4. The molecule has 0 atom stereocenters. The maximum Gasteiger partial charge on any atom is 0.227 e. The molecule has 10 aromatic rings. The van der Waals surface area contributed by atoms with Crippen molar-refractivity contribution in [2.75, 3.05) is 4.90 Å². The number of rotatable bonds is 4. The van der Waals surface area contributed by atoms with Gasteiger partial charge in [0.1, 0.15) is 16.7 Å². The number of fused-ring (bicyclic) bond motifs is 9. The van der Waals surface area contributed by atoms with Gasteiger partial charge in [0.25, 0.3) is 0 Å². The Kier molecular flexibility index (Phi) is 5.41. The van der Waals surface area contributed by atoms with Crippen molar-refractivity contribution >= 4 is 92.6 Å². The second kappa shape index (κ2) is 9.80. The molecule has 0 spiro atoms. The number of nitrogens with zero attached hydrogens (tertiary/aromatic N) is 2. The molecule has 0 saturated heterocycles. The van der Waals surface area contributed by atoms with Crippen LogP contribution in [0.4, 0.5) is 17.1 Å². The van der Waals surface area contributed by atoms with Crippen LogP contribution in [0.3, 0.4) is 0 Å². The van der Waals surface area contributed by atoms with E-state index in [0.29, 0.717) is 5.71 Å². The molecule has 0 saturated carbocycles. The fourth-order valence-electron chi connectivity index (χ4n) is 6.95. The lowest BCUT2D eigenvalue weighted by Crippen LogP contribution is -2.10. The normalized spacial score (nSPS) is 11.9. The van der Waals surface area contributed by atoms with Crippen molar-refractivity contribution in [3.8, 4) is 11.1 Å². The summed E-state index contributed by atoms with van der Waals surface area (Å²) in [6, 6.07) is 49.1. The molecule has 10 rings (SSSR count). The number of anilines is 3. The molecule has 5 heteroatoms. The molecule has 0 fully saturated rings. The summed E-state index contributed by atoms with van der Waals surface area (Å²) in [4.78, 5) is 6.85. The van der Waals surface area contributed by atoms with Crippen molar-refractivity contribution in [3.05, 3.63) is 146 Å². The Morgan fingerprint density at radius 1 is 0.500 bits per heavy atom. The Labute approximate surface area is 267 Å². The molecular weight excluding hydrogens is 585 g/mol. The number of thiophene rings is 1. The molecule has 0 bridgehead atoms. The minimum Gasteiger partial charge on any atom is -0.456 e. The molecule has 0 radical (unpaired) electrons. The third-order valence-electron chi connectivity index (χ3n) is 8.96. The van der Waals surface area contributed by atoms with E-state index >= 15 is 0 Å². The molecule has 4 heterocycles. The minimum atomic E-state index is 0.657. The first kappa shape index (κ1) is 25.4. The molecule has 0 aliphatic carbocycles. The smallest absolute Gasteiger partial charge is 0.227 e. The van der Waals surface area contributed by atoms with E-state index in [0.717, 1.165) is 66.5 Å². The van der Waals surface area contributed by atoms with E-state index in [-0.39, 0.29) is 0 Å². The number of hydrogen-bond acceptors (Lipinski definition) is 5. The van der Waals surface area contributed by atoms with Gasteiger partial charge >= 0.3 is 0 Å². The van der Waals surface area contributed by atoms with Crippen LogP contribution in [0, 0.1) is 0 Å². The number of aromatic nitrogens is 1. The molecule has 0 aliphatic rings. The average molecular weight is 609 g/mol. The van der Waals surface area contributed by atoms with Gasteiger partial charge < -0.3 is 13.7 Å². The summed E-state index contributed by atoms with van der Waals surface area (Å²) in [6.45, 7) is 0. The van der Waals surface area contributed by atoms with Crippen LogP contribution in [0.15, 0.2) is 155 Å². The average Bonchev–Trinajstić information content (AvgIpc) is 3.80. The molecule has 4 aromatic heterocycles. The topological polar surface area (TPSA) is 42.4 Å². The summed E-state index contributed by atoms with van der Waals surface area (Å²) in [6.07, 6.45) is 1.77. The van der Waals surface area contributed by atoms with Crippen LogP contribution in [-0.4, -0.2) is 4.98 Å². The van der Waals surface area contributed by atoms with E-state index in [1.807, 2.05) is 41.7 Å². The molecule has 0 aliphatic heterocycles. The first-order valence-corrected chi connectivity index (χ1v) is 16.1. The predicted molar refractivity (Wildman–Crippen MR) is 192 cm³/mol. The van der Waals surface area contributed by atoms with E-state index in [9.17, 15) is 0 Å². The highest BCUT2D eigenvalue weighted by Crippen LogP contribution is 2.48. The molecule has 6 aromatic carbocycles. The van der Waals surface area contributed by atoms with Gasteiger partial charge in [-0.2, -0.15) is 0 Å². The lowest BCUT2D eigenvalue weighted by atomic mass is 9.99. The van der Waals surface area contributed by atoms with Gasteiger partial charge in [-0.1, -0.05) is 78.9 Å². The maximum absolute atomic E-state index is 6.36. The highest BCUT2D eigenvalue weighted by Gasteiger charge is 2.22. The van der Waals surface area contributed by atoms with Crippen molar-refractivity contribution in [3.63, 3.8) is 0 Å². The Bertz CT molecular complexity index is 2770. The van der Waals surface area contributed by atoms with E-state index in [4.69, 9.17) is 8.83 Å². The van der Waals surface area contributed by atoms with Gasteiger partial charge in [-0.15, -0.1) is 11.3 Å². The van der Waals surface area contributed by atoms with Crippen molar-refractivity contribution < 1.29 is 8.83 Å². The zero-order chi connectivity index (χ0) is 30.2. The van der Waals surface area contributed by atoms with Crippen LogP contribution in [0.2, 0.25) is 0 Å². The molecule has 216 valence electrons. The maximum atomic E-state index is 6.36. The van der Waals surface area contributed by atoms with E-state index in [1.165, 1.54) is 20.2 Å². The van der Waals surface area contributed by atoms with Gasteiger partial charge in [-0.25, -0.2) is 4.98 Å². The summed E-state index contributed by atoms with van der Waals surface area (Å²) < 4.78 is 15.0. The molecule has 0 N–H and O–H groups in total. The summed E-state index contributed by atoms with van der Waals surface area (Å²) in [5.41, 5.74) is 8.78. The number of para-hydroxylation sites is 1. The summed E-state index contributed by atoms with van der Waals surface area (Å²) >= 11 is 1.84. The minimum absolute atomic E-state index is 0.657. The van der Waals surface area contributed by atoms with Crippen LogP contribution in [0.25, 0.3) is 75.3 Å². The fourth-order valence-corrected chi connectivity index (χ4v) is 8.16. The van der Waals surface area contributed by atoms with Crippen LogP contribution < -0.4 is 4.90 Å². The zero-order valence-electron chi connectivity index (χ0n) is 24.5. The molecular formula is C41H24N2O2S. The highest BCUT2D eigenvalue weighted by molar-refractivity contribution is 7.26. The van der Waals surface area contributed by atoms with Crippen molar-refractivity contribution in [2.45, 2.75) is 0 Å². The van der Waals surface area contributed by atoms with Crippen molar-refractivity contribution in [2.24, 2.45) is 0 Å². The summed E-state index contributed by atoms with van der Waals surface area (Å²) in [7, 11) is 0. The highest BCUT2D eigenvalue weighted by atomic mass is 32.1. The Morgan fingerprint density at radius 2 is 1.20 bits per heavy atom. The van der Waals surface area contributed by atoms with Gasteiger partial charge in [0.05, 0.1) is 21.5 Å². The molecule has 0 amide bonds. The largest absolute Gasteiger partial charge is 0.456 e. The van der Waals surface area contributed by atoms with Crippen molar-refractivity contribution in [1.29, 1.82) is 0 Å². The lowest BCUT2D eigenvalue weighted by molar-refractivity contribution is 0.654. The number of hydrogen-bond donors (Lipinski definition) is 0. The van der Waals surface area contributed by atoms with Gasteiger partial charge in [0, 0.05) is 43.5 Å².